The quantitative estimate of drug-likeness (QED) is 0.636. The molecule has 3 N–H and O–H groups in total. The van der Waals surface area contributed by atoms with Gasteiger partial charge in [-0.15, -0.1) is 0 Å². The van der Waals surface area contributed by atoms with Crippen LogP contribution in [0.1, 0.15) is 22.8 Å². The average Bonchev–Trinajstić information content (AvgIpc) is 2.47. The van der Waals surface area contributed by atoms with Crippen molar-refractivity contribution in [3.63, 3.8) is 0 Å². The van der Waals surface area contributed by atoms with Gasteiger partial charge >= 0.3 is 5.97 Å². The van der Waals surface area contributed by atoms with Crippen LogP contribution in [0.5, 0.6) is 0 Å². The molecule has 0 aliphatic heterocycles. The number of rotatable bonds is 5. The molecular weight excluding hydrogens is 332 g/mol. The van der Waals surface area contributed by atoms with Crippen LogP contribution in [0.15, 0.2) is 46.9 Å². The molecule has 0 saturated heterocycles. The van der Waals surface area contributed by atoms with Crippen molar-refractivity contribution < 1.29 is 9.53 Å². The summed E-state index contributed by atoms with van der Waals surface area (Å²) in [6.45, 7) is 2.69. The highest BCUT2D eigenvalue weighted by Gasteiger charge is 2.14. The van der Waals surface area contributed by atoms with Crippen LogP contribution in [0.2, 0.25) is 0 Å². The zero-order valence-electron chi connectivity index (χ0n) is 11.7. The number of anilines is 2. The molecule has 0 radical (unpaired) electrons. The summed E-state index contributed by atoms with van der Waals surface area (Å²) in [7, 11) is 0. The Bertz CT molecular complexity index is 627. The van der Waals surface area contributed by atoms with Crippen LogP contribution in [-0.2, 0) is 11.3 Å². The van der Waals surface area contributed by atoms with Gasteiger partial charge in [0.05, 0.1) is 23.5 Å². The molecule has 0 unspecified atom stereocenters. The predicted octanol–water partition coefficient (Wildman–Crippen LogP) is 3.82. The number of halogens is 1. The van der Waals surface area contributed by atoms with Crippen molar-refractivity contribution in [3.05, 3.63) is 58.1 Å². The van der Waals surface area contributed by atoms with Crippen LogP contribution in [0.3, 0.4) is 0 Å². The van der Waals surface area contributed by atoms with Gasteiger partial charge in [-0.2, -0.15) is 0 Å². The van der Waals surface area contributed by atoms with Gasteiger partial charge in [0.15, 0.2) is 0 Å². The molecule has 110 valence electrons. The first-order valence-electron chi connectivity index (χ1n) is 6.65. The molecular formula is C16H17BrN2O2. The molecule has 2 aromatic carbocycles. The van der Waals surface area contributed by atoms with E-state index in [1.165, 1.54) is 0 Å². The summed E-state index contributed by atoms with van der Waals surface area (Å²) >= 11 is 3.40. The topological polar surface area (TPSA) is 64.3 Å². The van der Waals surface area contributed by atoms with E-state index in [-0.39, 0.29) is 5.97 Å². The zero-order chi connectivity index (χ0) is 15.2. The Morgan fingerprint density at radius 1 is 1.24 bits per heavy atom. The summed E-state index contributed by atoms with van der Waals surface area (Å²) in [5.41, 5.74) is 8.65. The second kappa shape index (κ2) is 7.13. The van der Waals surface area contributed by atoms with E-state index in [1.807, 2.05) is 24.3 Å². The number of ether oxygens (including phenoxy) is 1. The minimum Gasteiger partial charge on any atom is -0.462 e. The van der Waals surface area contributed by atoms with Crippen molar-refractivity contribution in [1.29, 1.82) is 0 Å². The van der Waals surface area contributed by atoms with Gasteiger partial charge in [-0.3, -0.25) is 0 Å². The first-order valence-corrected chi connectivity index (χ1v) is 7.45. The Kier molecular flexibility index (Phi) is 5.22. The minimum absolute atomic E-state index is 0.333. The number of para-hydroxylation sites is 1. The Morgan fingerprint density at radius 3 is 2.62 bits per heavy atom. The maximum Gasteiger partial charge on any atom is 0.340 e. The smallest absolute Gasteiger partial charge is 0.340 e. The largest absolute Gasteiger partial charge is 0.462 e. The molecule has 0 fully saturated rings. The van der Waals surface area contributed by atoms with Crippen LogP contribution in [-0.4, -0.2) is 12.6 Å². The zero-order valence-corrected chi connectivity index (χ0v) is 13.3. The number of hydrogen-bond donors (Lipinski definition) is 2. The summed E-state index contributed by atoms with van der Waals surface area (Å²) in [5.74, 6) is -0.372. The van der Waals surface area contributed by atoms with Gasteiger partial charge in [-0.25, -0.2) is 4.79 Å². The van der Waals surface area contributed by atoms with Crippen molar-refractivity contribution in [2.45, 2.75) is 13.5 Å². The van der Waals surface area contributed by atoms with E-state index < -0.39 is 0 Å². The normalized spacial score (nSPS) is 10.2. The van der Waals surface area contributed by atoms with E-state index in [2.05, 4.69) is 21.2 Å². The number of hydrogen-bond acceptors (Lipinski definition) is 4. The van der Waals surface area contributed by atoms with E-state index in [0.29, 0.717) is 30.1 Å². The van der Waals surface area contributed by atoms with Gasteiger partial charge in [0.1, 0.15) is 0 Å². The molecule has 0 amide bonds. The number of esters is 1. The fourth-order valence-electron chi connectivity index (χ4n) is 1.94. The molecule has 2 aromatic rings. The Labute approximate surface area is 132 Å². The number of nitrogen functional groups attached to an aromatic ring is 1. The molecule has 0 bridgehead atoms. The standard InChI is InChI=1S/C16H17BrN2O2/c1-2-21-16(20)13-4-3-5-14(18)15(13)19-10-11-6-8-12(17)9-7-11/h3-9,19H,2,10,18H2,1H3. The van der Waals surface area contributed by atoms with Gasteiger partial charge in [0, 0.05) is 11.0 Å². The van der Waals surface area contributed by atoms with Gasteiger partial charge in [0.2, 0.25) is 0 Å². The lowest BCUT2D eigenvalue weighted by atomic mass is 10.1. The molecule has 4 nitrogen and oxygen atoms in total. The van der Waals surface area contributed by atoms with Crippen LogP contribution >= 0.6 is 15.9 Å². The molecule has 0 aromatic heterocycles. The van der Waals surface area contributed by atoms with Crippen molar-refractivity contribution >= 4 is 33.3 Å². The maximum absolute atomic E-state index is 11.9. The second-order valence-corrected chi connectivity index (χ2v) is 5.39. The summed E-state index contributed by atoms with van der Waals surface area (Å²) in [6, 6.07) is 13.1. The van der Waals surface area contributed by atoms with Crippen LogP contribution in [0.4, 0.5) is 11.4 Å². The third kappa shape index (κ3) is 3.98. The monoisotopic (exact) mass is 348 g/mol. The summed E-state index contributed by atoms with van der Waals surface area (Å²) in [5, 5.41) is 3.22. The summed E-state index contributed by atoms with van der Waals surface area (Å²) in [4.78, 5) is 11.9. The molecule has 2 rings (SSSR count). The number of nitrogens with two attached hydrogens (primary N) is 1. The van der Waals surface area contributed by atoms with Gasteiger partial charge in [-0.1, -0.05) is 34.1 Å². The number of nitrogens with one attached hydrogen (secondary N) is 1. The first kappa shape index (κ1) is 15.4. The predicted molar refractivity (Wildman–Crippen MR) is 88.3 cm³/mol. The number of carbonyl (C=O) groups is 1. The lowest BCUT2D eigenvalue weighted by Crippen LogP contribution is -2.11. The summed E-state index contributed by atoms with van der Waals surface area (Å²) < 4.78 is 6.08. The maximum atomic E-state index is 11.9. The molecule has 0 spiro atoms. The van der Waals surface area contributed by atoms with Crippen molar-refractivity contribution in [3.8, 4) is 0 Å². The SMILES string of the molecule is CCOC(=O)c1cccc(N)c1NCc1ccc(Br)cc1. The number of benzene rings is 2. The Hall–Kier alpha value is -2.01. The van der Waals surface area contributed by atoms with Gasteiger partial charge in [-0.05, 0) is 36.8 Å². The lowest BCUT2D eigenvalue weighted by Gasteiger charge is -2.14. The van der Waals surface area contributed by atoms with Crippen LogP contribution in [0, 0.1) is 0 Å². The molecule has 0 saturated carbocycles. The molecule has 0 aliphatic carbocycles. The highest BCUT2D eigenvalue weighted by Crippen LogP contribution is 2.25. The van der Waals surface area contributed by atoms with E-state index in [0.717, 1.165) is 10.0 Å². The summed E-state index contributed by atoms with van der Waals surface area (Å²) in [6.07, 6.45) is 0. The van der Waals surface area contributed by atoms with E-state index in [4.69, 9.17) is 10.5 Å². The van der Waals surface area contributed by atoms with E-state index in [9.17, 15) is 4.79 Å². The molecule has 5 heteroatoms. The van der Waals surface area contributed by atoms with E-state index in [1.54, 1.807) is 25.1 Å². The Morgan fingerprint density at radius 2 is 1.95 bits per heavy atom. The van der Waals surface area contributed by atoms with Crippen molar-refractivity contribution in [1.82, 2.24) is 0 Å². The first-order chi connectivity index (χ1) is 10.1. The van der Waals surface area contributed by atoms with Crippen LogP contribution in [0.25, 0.3) is 0 Å². The second-order valence-electron chi connectivity index (χ2n) is 4.47. The minimum atomic E-state index is -0.372. The highest BCUT2D eigenvalue weighted by atomic mass is 79.9. The van der Waals surface area contributed by atoms with Crippen LogP contribution < -0.4 is 11.1 Å². The third-order valence-corrected chi connectivity index (χ3v) is 3.50. The Balaban J connectivity index is 2.18. The molecule has 0 aliphatic rings. The van der Waals surface area contributed by atoms with Crippen molar-refractivity contribution in [2.24, 2.45) is 0 Å². The fraction of sp³-hybridized carbons (Fsp3) is 0.188. The molecule has 0 heterocycles. The fourth-order valence-corrected chi connectivity index (χ4v) is 2.20. The molecule has 21 heavy (non-hydrogen) atoms. The van der Waals surface area contributed by atoms with Gasteiger partial charge in [0.25, 0.3) is 0 Å². The lowest BCUT2D eigenvalue weighted by molar-refractivity contribution is 0.0527. The third-order valence-electron chi connectivity index (χ3n) is 2.97. The van der Waals surface area contributed by atoms with Gasteiger partial charge < -0.3 is 15.8 Å². The highest BCUT2D eigenvalue weighted by molar-refractivity contribution is 9.10. The average molecular weight is 349 g/mol. The number of carbonyl (C=O) groups excluding carboxylic acids is 1. The van der Waals surface area contributed by atoms with Crippen molar-refractivity contribution in [2.75, 3.05) is 17.7 Å². The van der Waals surface area contributed by atoms with E-state index >= 15 is 0 Å². The molecule has 0 atom stereocenters.